The number of nitrogens with one attached hydrogen (secondary N) is 2. The summed E-state index contributed by atoms with van der Waals surface area (Å²) in [5.74, 6) is -0.0349. The van der Waals surface area contributed by atoms with Gasteiger partial charge in [0, 0.05) is 54.1 Å². The van der Waals surface area contributed by atoms with Gasteiger partial charge in [-0.3, -0.25) is 4.79 Å². The Morgan fingerprint density at radius 1 is 1.36 bits per heavy atom. The van der Waals surface area contributed by atoms with Gasteiger partial charge < -0.3 is 14.9 Å². The van der Waals surface area contributed by atoms with E-state index in [9.17, 15) is 4.79 Å². The van der Waals surface area contributed by atoms with Crippen molar-refractivity contribution in [2.24, 2.45) is 0 Å². The lowest BCUT2D eigenvalue weighted by Crippen LogP contribution is -2.34. The maximum Gasteiger partial charge on any atom is 0.246 e. The van der Waals surface area contributed by atoms with E-state index < -0.39 is 0 Å². The molecule has 4 rings (SSSR count). The predicted molar refractivity (Wildman–Crippen MR) is 83.0 cm³/mol. The molecule has 0 saturated carbocycles. The fourth-order valence-electron chi connectivity index (χ4n) is 3.03. The Kier molecular flexibility index (Phi) is 2.82. The lowest BCUT2D eigenvalue weighted by Gasteiger charge is -2.26. The molecule has 0 spiro atoms. The number of H-pyrrole nitrogens is 2. The lowest BCUT2D eigenvalue weighted by molar-refractivity contribution is -0.126. The van der Waals surface area contributed by atoms with Crippen LogP contribution < -0.4 is 0 Å². The lowest BCUT2D eigenvalue weighted by atomic mass is 10.0. The van der Waals surface area contributed by atoms with Crippen molar-refractivity contribution in [2.45, 2.75) is 13.0 Å². The normalized spacial score (nSPS) is 14.1. The van der Waals surface area contributed by atoms with Crippen LogP contribution in [0.1, 0.15) is 11.3 Å². The number of nitrogens with zero attached hydrogens (tertiary/aromatic N) is 3. The summed E-state index contributed by atoms with van der Waals surface area (Å²) in [6.45, 7) is 4.86. The number of rotatable bonds is 2. The summed E-state index contributed by atoms with van der Waals surface area (Å²) < 4.78 is 0. The second-order valence-corrected chi connectivity index (χ2v) is 5.34. The first-order valence-corrected chi connectivity index (χ1v) is 7.17. The van der Waals surface area contributed by atoms with Crippen LogP contribution in [0.3, 0.4) is 0 Å². The van der Waals surface area contributed by atoms with Gasteiger partial charge in [-0.2, -0.15) is 0 Å². The van der Waals surface area contributed by atoms with Crippen molar-refractivity contribution in [3.05, 3.63) is 48.7 Å². The molecule has 1 amide bonds. The minimum atomic E-state index is -0.0349. The molecule has 0 saturated heterocycles. The number of aromatic nitrogens is 4. The maximum absolute atomic E-state index is 11.9. The molecule has 3 aromatic rings. The van der Waals surface area contributed by atoms with Crippen molar-refractivity contribution in [2.75, 3.05) is 6.54 Å². The monoisotopic (exact) mass is 293 g/mol. The van der Waals surface area contributed by atoms with Gasteiger partial charge in [0.05, 0.1) is 5.69 Å². The van der Waals surface area contributed by atoms with Crippen molar-refractivity contribution in [3.8, 4) is 11.3 Å². The number of fused-ring (bicyclic) bond motifs is 2. The molecule has 6 nitrogen and oxygen atoms in total. The molecule has 0 aliphatic carbocycles. The second kappa shape index (κ2) is 4.84. The summed E-state index contributed by atoms with van der Waals surface area (Å²) in [6, 6.07) is 1.97. The van der Waals surface area contributed by atoms with Crippen LogP contribution >= 0.6 is 0 Å². The van der Waals surface area contributed by atoms with E-state index in [-0.39, 0.29) is 5.91 Å². The summed E-state index contributed by atoms with van der Waals surface area (Å²) in [5.41, 5.74) is 5.03. The third-order valence-electron chi connectivity index (χ3n) is 4.16. The van der Waals surface area contributed by atoms with Gasteiger partial charge in [0.2, 0.25) is 5.91 Å². The average Bonchev–Trinajstić information content (AvgIpc) is 3.19. The van der Waals surface area contributed by atoms with Crippen LogP contribution in [0.5, 0.6) is 0 Å². The summed E-state index contributed by atoms with van der Waals surface area (Å²) >= 11 is 0. The molecule has 0 aromatic carbocycles. The minimum absolute atomic E-state index is 0.0349. The Balaban J connectivity index is 1.82. The number of carbonyl (C=O) groups excluding carboxylic acids is 1. The summed E-state index contributed by atoms with van der Waals surface area (Å²) in [6.07, 6.45) is 7.57. The number of amides is 1. The summed E-state index contributed by atoms with van der Waals surface area (Å²) in [7, 11) is 0. The van der Waals surface area contributed by atoms with Crippen LogP contribution in [0.15, 0.2) is 37.4 Å². The van der Waals surface area contributed by atoms with Crippen molar-refractivity contribution in [3.63, 3.8) is 0 Å². The van der Waals surface area contributed by atoms with Crippen LogP contribution in [-0.2, 0) is 17.8 Å². The van der Waals surface area contributed by atoms with Crippen LogP contribution in [-0.4, -0.2) is 37.3 Å². The molecule has 1 aliphatic rings. The van der Waals surface area contributed by atoms with Gasteiger partial charge in [0.1, 0.15) is 12.0 Å². The van der Waals surface area contributed by atoms with E-state index in [2.05, 4.69) is 26.5 Å². The Labute approximate surface area is 126 Å². The third-order valence-corrected chi connectivity index (χ3v) is 4.16. The molecule has 3 aromatic heterocycles. The molecule has 0 radical (unpaired) electrons. The van der Waals surface area contributed by atoms with Gasteiger partial charge in [-0.05, 0) is 12.1 Å². The molecule has 22 heavy (non-hydrogen) atoms. The highest BCUT2D eigenvalue weighted by Gasteiger charge is 2.24. The van der Waals surface area contributed by atoms with Crippen LogP contribution in [0.2, 0.25) is 0 Å². The zero-order valence-corrected chi connectivity index (χ0v) is 12.0. The van der Waals surface area contributed by atoms with Gasteiger partial charge in [0.25, 0.3) is 0 Å². The van der Waals surface area contributed by atoms with Crippen LogP contribution in [0.4, 0.5) is 0 Å². The smallest absolute Gasteiger partial charge is 0.246 e. The standard InChI is InChI=1S/C16H15N5O/c1-2-14(22)21-6-4-13-12(8-21)11(7-18-13)15-10-3-5-17-16(10)20-9-19-15/h2-3,5,7,9,18H,1,4,6,8H2,(H,17,19,20). The SMILES string of the molecule is C=CC(=O)N1CCc2[nH]cc(-c3ncnc4[nH]ccc34)c2C1. The highest BCUT2D eigenvalue weighted by molar-refractivity contribution is 5.92. The van der Waals surface area contributed by atoms with E-state index in [0.29, 0.717) is 13.1 Å². The molecule has 0 unspecified atom stereocenters. The largest absolute Gasteiger partial charge is 0.364 e. The zero-order valence-electron chi connectivity index (χ0n) is 12.0. The van der Waals surface area contributed by atoms with Crippen LogP contribution in [0.25, 0.3) is 22.3 Å². The third kappa shape index (κ3) is 1.84. The second-order valence-electron chi connectivity index (χ2n) is 5.34. The molecule has 1 aliphatic heterocycles. The quantitative estimate of drug-likeness (QED) is 0.710. The fourth-order valence-corrected chi connectivity index (χ4v) is 3.03. The van der Waals surface area contributed by atoms with E-state index in [1.165, 1.54) is 11.8 Å². The van der Waals surface area contributed by atoms with Gasteiger partial charge in [-0.1, -0.05) is 6.58 Å². The molecule has 2 N–H and O–H groups in total. The zero-order chi connectivity index (χ0) is 15.1. The minimum Gasteiger partial charge on any atom is -0.364 e. The molecule has 0 bridgehead atoms. The molecule has 110 valence electrons. The van der Waals surface area contributed by atoms with Crippen molar-refractivity contribution in [1.82, 2.24) is 24.8 Å². The fraction of sp³-hybridized carbons (Fsp3) is 0.188. The van der Waals surface area contributed by atoms with E-state index >= 15 is 0 Å². The summed E-state index contributed by atoms with van der Waals surface area (Å²) in [4.78, 5) is 28.8. The Morgan fingerprint density at radius 3 is 3.14 bits per heavy atom. The first-order valence-electron chi connectivity index (χ1n) is 7.17. The van der Waals surface area contributed by atoms with Crippen molar-refractivity contribution >= 4 is 16.9 Å². The number of hydrogen-bond acceptors (Lipinski definition) is 3. The Morgan fingerprint density at radius 2 is 2.27 bits per heavy atom. The number of carbonyl (C=O) groups is 1. The highest BCUT2D eigenvalue weighted by Crippen LogP contribution is 2.32. The molecule has 4 heterocycles. The average molecular weight is 293 g/mol. The van der Waals surface area contributed by atoms with E-state index in [4.69, 9.17) is 0 Å². The van der Waals surface area contributed by atoms with Gasteiger partial charge in [-0.25, -0.2) is 9.97 Å². The van der Waals surface area contributed by atoms with E-state index in [0.717, 1.165) is 34.3 Å². The Hall–Kier alpha value is -2.89. The van der Waals surface area contributed by atoms with Gasteiger partial charge >= 0.3 is 0 Å². The van der Waals surface area contributed by atoms with Gasteiger partial charge in [0.15, 0.2) is 0 Å². The first kappa shape index (κ1) is 12.8. The van der Waals surface area contributed by atoms with E-state index in [1.54, 1.807) is 6.33 Å². The topological polar surface area (TPSA) is 77.7 Å². The molecule has 0 atom stereocenters. The predicted octanol–water partition coefficient (Wildman–Crippen LogP) is 2.02. The van der Waals surface area contributed by atoms with Crippen LogP contribution in [0, 0.1) is 0 Å². The van der Waals surface area contributed by atoms with E-state index in [1.807, 2.05) is 23.4 Å². The molecular weight excluding hydrogens is 278 g/mol. The number of aromatic amines is 2. The Bertz CT molecular complexity index is 876. The van der Waals surface area contributed by atoms with Gasteiger partial charge in [-0.15, -0.1) is 0 Å². The molecular formula is C16H15N5O. The molecule has 6 heteroatoms. The van der Waals surface area contributed by atoms with Crippen molar-refractivity contribution in [1.29, 1.82) is 0 Å². The summed E-state index contributed by atoms with van der Waals surface area (Å²) in [5, 5.41) is 0.983. The molecule has 0 fully saturated rings. The van der Waals surface area contributed by atoms with Crippen molar-refractivity contribution < 1.29 is 4.79 Å². The number of hydrogen-bond donors (Lipinski definition) is 2. The maximum atomic E-state index is 11.9. The highest BCUT2D eigenvalue weighted by atomic mass is 16.2. The first-order chi connectivity index (χ1) is 10.8.